The first-order valence-electron chi connectivity index (χ1n) is 6.27. The summed E-state index contributed by atoms with van der Waals surface area (Å²) in [5, 5.41) is 3.40. The van der Waals surface area contributed by atoms with Crippen LogP contribution in [0.3, 0.4) is 0 Å². The van der Waals surface area contributed by atoms with Crippen molar-refractivity contribution in [1.29, 1.82) is 0 Å². The van der Waals surface area contributed by atoms with Gasteiger partial charge in [-0.05, 0) is 44.4 Å². The van der Waals surface area contributed by atoms with E-state index in [9.17, 15) is 4.79 Å². The standard InChI is InChI=1S/C14H18BrNO2/c1-3-18-13(17)14(2,16-12-7-8-12)10-5-4-6-11(15)9-10/h4-6,9,12,16H,3,7-8H2,1-2H3. The lowest BCUT2D eigenvalue weighted by Gasteiger charge is -2.29. The molecule has 1 aromatic rings. The normalized spacial score (nSPS) is 18.2. The Kier molecular flexibility index (Phi) is 4.07. The molecule has 1 saturated carbocycles. The zero-order valence-electron chi connectivity index (χ0n) is 10.7. The highest BCUT2D eigenvalue weighted by Crippen LogP contribution is 2.30. The van der Waals surface area contributed by atoms with Gasteiger partial charge in [0.25, 0.3) is 0 Å². The summed E-state index contributed by atoms with van der Waals surface area (Å²) in [5.74, 6) is -0.213. The van der Waals surface area contributed by atoms with Gasteiger partial charge in [0.1, 0.15) is 5.54 Å². The van der Waals surface area contributed by atoms with Crippen LogP contribution in [0.15, 0.2) is 28.7 Å². The predicted molar refractivity (Wildman–Crippen MR) is 74.3 cm³/mol. The van der Waals surface area contributed by atoms with E-state index in [2.05, 4.69) is 21.2 Å². The average molecular weight is 312 g/mol. The predicted octanol–water partition coefficient (Wildman–Crippen LogP) is 2.98. The van der Waals surface area contributed by atoms with Crippen molar-refractivity contribution >= 4 is 21.9 Å². The van der Waals surface area contributed by atoms with E-state index in [-0.39, 0.29) is 5.97 Å². The largest absolute Gasteiger partial charge is 0.464 e. The molecule has 98 valence electrons. The van der Waals surface area contributed by atoms with E-state index in [1.807, 2.05) is 38.1 Å². The summed E-state index contributed by atoms with van der Waals surface area (Å²) >= 11 is 3.44. The van der Waals surface area contributed by atoms with Gasteiger partial charge in [0, 0.05) is 10.5 Å². The molecule has 1 N–H and O–H groups in total. The first-order chi connectivity index (χ1) is 8.56. The van der Waals surface area contributed by atoms with Crippen LogP contribution in [0.4, 0.5) is 0 Å². The van der Waals surface area contributed by atoms with Crippen molar-refractivity contribution in [2.75, 3.05) is 6.61 Å². The fourth-order valence-electron chi connectivity index (χ4n) is 1.97. The van der Waals surface area contributed by atoms with Crippen molar-refractivity contribution in [2.24, 2.45) is 0 Å². The summed E-state index contributed by atoms with van der Waals surface area (Å²) in [4.78, 5) is 12.2. The SMILES string of the molecule is CCOC(=O)C(C)(NC1CC1)c1cccc(Br)c1. The minimum absolute atomic E-state index is 0.213. The van der Waals surface area contributed by atoms with Crippen molar-refractivity contribution in [1.82, 2.24) is 5.32 Å². The Bertz CT molecular complexity index is 445. The second-order valence-corrected chi connectivity index (χ2v) is 5.69. The fraction of sp³-hybridized carbons (Fsp3) is 0.500. The maximum atomic E-state index is 12.2. The molecule has 18 heavy (non-hydrogen) atoms. The van der Waals surface area contributed by atoms with Crippen molar-refractivity contribution in [3.8, 4) is 0 Å². The Hall–Kier alpha value is -0.870. The molecule has 4 heteroatoms. The third-order valence-electron chi connectivity index (χ3n) is 3.16. The van der Waals surface area contributed by atoms with Gasteiger partial charge in [0.2, 0.25) is 0 Å². The molecular weight excluding hydrogens is 294 g/mol. The molecule has 0 aliphatic heterocycles. The van der Waals surface area contributed by atoms with Gasteiger partial charge in [-0.1, -0.05) is 28.1 Å². The number of esters is 1. The van der Waals surface area contributed by atoms with Gasteiger partial charge in [-0.3, -0.25) is 5.32 Å². The van der Waals surface area contributed by atoms with Crippen LogP contribution >= 0.6 is 15.9 Å². The van der Waals surface area contributed by atoms with Gasteiger partial charge in [-0.25, -0.2) is 4.79 Å². The van der Waals surface area contributed by atoms with Crippen LogP contribution in [0, 0.1) is 0 Å². The molecule has 0 amide bonds. The Morgan fingerprint density at radius 2 is 2.28 bits per heavy atom. The number of rotatable bonds is 5. The molecule has 1 aliphatic rings. The van der Waals surface area contributed by atoms with Crippen LogP contribution < -0.4 is 5.32 Å². The van der Waals surface area contributed by atoms with Crippen LogP contribution in [0.25, 0.3) is 0 Å². The van der Waals surface area contributed by atoms with E-state index in [0.29, 0.717) is 12.6 Å². The zero-order chi connectivity index (χ0) is 13.2. The zero-order valence-corrected chi connectivity index (χ0v) is 12.3. The molecule has 0 radical (unpaired) electrons. The first kappa shape index (κ1) is 13.6. The lowest BCUT2D eigenvalue weighted by Crippen LogP contribution is -2.48. The topological polar surface area (TPSA) is 38.3 Å². The number of ether oxygens (including phenoxy) is 1. The van der Waals surface area contributed by atoms with Crippen molar-refractivity contribution in [2.45, 2.75) is 38.3 Å². The van der Waals surface area contributed by atoms with Crippen molar-refractivity contribution in [3.05, 3.63) is 34.3 Å². The molecule has 3 nitrogen and oxygen atoms in total. The third-order valence-corrected chi connectivity index (χ3v) is 3.65. The number of carbonyl (C=O) groups is 1. The quantitative estimate of drug-likeness (QED) is 0.850. The molecular formula is C14H18BrNO2. The number of hydrogen-bond acceptors (Lipinski definition) is 3. The van der Waals surface area contributed by atoms with E-state index >= 15 is 0 Å². The number of benzene rings is 1. The highest BCUT2D eigenvalue weighted by molar-refractivity contribution is 9.10. The second-order valence-electron chi connectivity index (χ2n) is 4.77. The summed E-state index contributed by atoms with van der Waals surface area (Å²) < 4.78 is 6.18. The van der Waals surface area contributed by atoms with Crippen LogP contribution in [-0.4, -0.2) is 18.6 Å². The van der Waals surface area contributed by atoms with Gasteiger partial charge < -0.3 is 4.74 Å². The first-order valence-corrected chi connectivity index (χ1v) is 7.06. The van der Waals surface area contributed by atoms with E-state index in [1.54, 1.807) is 0 Å². The van der Waals surface area contributed by atoms with Crippen molar-refractivity contribution in [3.63, 3.8) is 0 Å². The third kappa shape index (κ3) is 2.93. The Morgan fingerprint density at radius 3 is 2.83 bits per heavy atom. The Labute approximate surface area is 116 Å². The molecule has 0 spiro atoms. The van der Waals surface area contributed by atoms with E-state index in [4.69, 9.17) is 4.74 Å². The smallest absolute Gasteiger partial charge is 0.330 e. The molecule has 1 unspecified atom stereocenters. The number of carbonyl (C=O) groups excluding carboxylic acids is 1. The molecule has 2 rings (SSSR count). The molecule has 0 heterocycles. The molecule has 1 atom stereocenters. The van der Waals surface area contributed by atoms with E-state index < -0.39 is 5.54 Å². The summed E-state index contributed by atoms with van der Waals surface area (Å²) in [6, 6.07) is 8.24. The molecule has 0 saturated heterocycles. The molecule has 0 aromatic heterocycles. The maximum absolute atomic E-state index is 12.2. The number of nitrogens with one attached hydrogen (secondary N) is 1. The number of halogens is 1. The molecule has 1 fully saturated rings. The maximum Gasteiger partial charge on any atom is 0.330 e. The average Bonchev–Trinajstić information content (AvgIpc) is 3.13. The minimum Gasteiger partial charge on any atom is -0.464 e. The summed E-state index contributed by atoms with van der Waals surface area (Å²) in [5.41, 5.74) is 0.170. The van der Waals surface area contributed by atoms with Crippen LogP contribution in [0.1, 0.15) is 32.3 Å². The van der Waals surface area contributed by atoms with Gasteiger partial charge >= 0.3 is 5.97 Å². The fourth-order valence-corrected chi connectivity index (χ4v) is 2.37. The van der Waals surface area contributed by atoms with Gasteiger partial charge in [-0.15, -0.1) is 0 Å². The van der Waals surface area contributed by atoms with Gasteiger partial charge in [-0.2, -0.15) is 0 Å². The van der Waals surface area contributed by atoms with E-state index in [1.165, 1.54) is 0 Å². The molecule has 0 bridgehead atoms. The summed E-state index contributed by atoms with van der Waals surface area (Å²) in [7, 11) is 0. The molecule has 1 aromatic carbocycles. The highest BCUT2D eigenvalue weighted by Gasteiger charge is 2.41. The summed E-state index contributed by atoms with van der Waals surface area (Å²) in [6.07, 6.45) is 2.26. The van der Waals surface area contributed by atoms with Gasteiger partial charge in [0.15, 0.2) is 0 Å². The highest BCUT2D eigenvalue weighted by atomic mass is 79.9. The Morgan fingerprint density at radius 1 is 1.56 bits per heavy atom. The van der Waals surface area contributed by atoms with E-state index in [0.717, 1.165) is 22.9 Å². The second kappa shape index (κ2) is 5.41. The lowest BCUT2D eigenvalue weighted by atomic mass is 9.92. The van der Waals surface area contributed by atoms with Crippen LogP contribution in [-0.2, 0) is 15.1 Å². The molecule has 1 aliphatic carbocycles. The van der Waals surface area contributed by atoms with Crippen molar-refractivity contribution < 1.29 is 9.53 Å². The summed E-state index contributed by atoms with van der Waals surface area (Å²) in [6.45, 7) is 4.12. The van der Waals surface area contributed by atoms with Crippen LogP contribution in [0.5, 0.6) is 0 Å². The minimum atomic E-state index is -0.763. The number of hydrogen-bond donors (Lipinski definition) is 1. The Balaban J connectivity index is 2.30. The van der Waals surface area contributed by atoms with Crippen LogP contribution in [0.2, 0.25) is 0 Å². The monoisotopic (exact) mass is 311 g/mol. The van der Waals surface area contributed by atoms with Gasteiger partial charge in [0.05, 0.1) is 6.61 Å². The lowest BCUT2D eigenvalue weighted by molar-refractivity contribution is -0.151.